The molecule has 1 aromatic heterocycles. The molecule has 1 amide bonds. The minimum absolute atomic E-state index is 0.175. The maximum absolute atomic E-state index is 13.1. The first-order valence-electron chi connectivity index (χ1n) is 10.0. The van der Waals surface area contributed by atoms with Gasteiger partial charge in [0.1, 0.15) is 0 Å². The second-order valence-corrected chi connectivity index (χ2v) is 16.3. The highest BCUT2D eigenvalue weighted by atomic mass is 79.9. The van der Waals surface area contributed by atoms with Gasteiger partial charge in [0.15, 0.2) is 8.32 Å². The van der Waals surface area contributed by atoms with E-state index < -0.39 is 38.3 Å². The molecule has 2 aromatic rings. The Balaban J connectivity index is 2.42. The Morgan fingerprint density at radius 2 is 1.84 bits per heavy atom. The smallest absolute Gasteiger partial charge is 0.416 e. The largest absolute Gasteiger partial charge is 0.465 e. The second-order valence-electron chi connectivity index (χ2n) is 9.07. The summed E-state index contributed by atoms with van der Waals surface area (Å²) in [5.41, 5.74) is -0.260. The van der Waals surface area contributed by atoms with Crippen LogP contribution in [0.25, 0.3) is 0 Å². The molecular formula is C21H28BrF3N2O3SSi. The Morgan fingerprint density at radius 1 is 1.25 bits per heavy atom. The Morgan fingerprint density at radius 3 is 2.28 bits per heavy atom. The van der Waals surface area contributed by atoms with E-state index in [0.717, 1.165) is 20.9 Å². The van der Waals surface area contributed by atoms with Crippen molar-refractivity contribution >= 4 is 41.7 Å². The summed E-state index contributed by atoms with van der Waals surface area (Å²) in [6.07, 6.45) is -3.85. The number of thiazole rings is 1. The molecule has 0 aliphatic carbocycles. The number of rotatable bonds is 8. The molecule has 11 heteroatoms. The number of nitrogens with one attached hydrogen (secondary N) is 1. The number of halogens is 4. The lowest BCUT2D eigenvalue weighted by atomic mass is 9.97. The van der Waals surface area contributed by atoms with E-state index in [1.165, 1.54) is 23.5 Å². The third-order valence-corrected chi connectivity index (χ3v) is 11.7. The summed E-state index contributed by atoms with van der Waals surface area (Å²) in [6.45, 7) is 10.2. The van der Waals surface area contributed by atoms with Gasteiger partial charge < -0.3 is 14.8 Å². The molecule has 0 fully saturated rings. The SMILES string of the molecule is CC(C)(C)[Si](C)(C)O[C@H](c1ccc(C(F)(F)F)cc1)[C@@H](CCc1ncc(Br)s1)NC(=O)O. The molecule has 32 heavy (non-hydrogen) atoms. The lowest BCUT2D eigenvalue weighted by Crippen LogP contribution is -2.48. The number of hydrogen-bond donors (Lipinski definition) is 2. The number of aryl methyl sites for hydroxylation is 1. The van der Waals surface area contributed by atoms with Crippen LogP contribution in [0.1, 0.15) is 49.4 Å². The Hall–Kier alpha value is -1.43. The van der Waals surface area contributed by atoms with Gasteiger partial charge in [-0.25, -0.2) is 9.78 Å². The molecule has 2 atom stereocenters. The average Bonchev–Trinajstić information content (AvgIpc) is 3.07. The fraction of sp³-hybridized carbons (Fsp3) is 0.524. The van der Waals surface area contributed by atoms with Crippen molar-refractivity contribution in [1.29, 1.82) is 0 Å². The number of alkyl halides is 3. The van der Waals surface area contributed by atoms with E-state index in [0.29, 0.717) is 18.4 Å². The molecule has 1 aromatic carbocycles. The van der Waals surface area contributed by atoms with Crippen molar-refractivity contribution in [2.45, 2.75) is 70.1 Å². The summed E-state index contributed by atoms with van der Waals surface area (Å²) >= 11 is 4.82. The van der Waals surface area contributed by atoms with Gasteiger partial charge in [0.2, 0.25) is 0 Å². The molecule has 2 rings (SSSR count). The zero-order valence-corrected chi connectivity index (χ0v) is 22.0. The molecule has 0 bridgehead atoms. The van der Waals surface area contributed by atoms with Gasteiger partial charge in [-0.3, -0.25) is 0 Å². The summed E-state index contributed by atoms with van der Waals surface area (Å²) in [5, 5.41) is 12.6. The number of benzene rings is 1. The van der Waals surface area contributed by atoms with Crippen LogP contribution >= 0.6 is 27.3 Å². The van der Waals surface area contributed by atoms with Gasteiger partial charge in [-0.05, 0) is 58.2 Å². The van der Waals surface area contributed by atoms with Crippen molar-refractivity contribution in [3.05, 3.63) is 50.4 Å². The molecule has 0 aliphatic rings. The summed E-state index contributed by atoms with van der Waals surface area (Å²) < 4.78 is 46.6. The first kappa shape index (κ1) is 26.8. The van der Waals surface area contributed by atoms with Gasteiger partial charge in [-0.2, -0.15) is 13.2 Å². The monoisotopic (exact) mass is 552 g/mol. The fourth-order valence-electron chi connectivity index (χ4n) is 2.88. The molecule has 178 valence electrons. The number of hydrogen-bond acceptors (Lipinski definition) is 4. The van der Waals surface area contributed by atoms with Crippen molar-refractivity contribution in [3.63, 3.8) is 0 Å². The van der Waals surface area contributed by atoms with E-state index in [1.807, 2.05) is 13.1 Å². The summed E-state index contributed by atoms with van der Waals surface area (Å²) in [6, 6.07) is 4.09. The molecule has 1 heterocycles. The third-order valence-electron chi connectivity index (χ3n) is 5.66. The van der Waals surface area contributed by atoms with Gasteiger partial charge in [0.25, 0.3) is 0 Å². The van der Waals surface area contributed by atoms with Gasteiger partial charge in [0, 0.05) is 6.42 Å². The molecule has 0 aliphatic heterocycles. The van der Waals surface area contributed by atoms with Gasteiger partial charge in [-0.15, -0.1) is 11.3 Å². The van der Waals surface area contributed by atoms with Crippen LogP contribution in [0, 0.1) is 0 Å². The van der Waals surface area contributed by atoms with E-state index in [9.17, 15) is 23.1 Å². The number of carbonyl (C=O) groups is 1. The molecule has 0 spiro atoms. The van der Waals surface area contributed by atoms with Gasteiger partial charge >= 0.3 is 12.3 Å². The van der Waals surface area contributed by atoms with Gasteiger partial charge in [-0.1, -0.05) is 32.9 Å². The molecule has 0 saturated heterocycles. The molecule has 0 radical (unpaired) electrons. The van der Waals surface area contributed by atoms with Crippen molar-refractivity contribution in [2.24, 2.45) is 0 Å². The number of nitrogens with zero attached hydrogens (tertiary/aromatic N) is 1. The third kappa shape index (κ3) is 7.29. The predicted octanol–water partition coefficient (Wildman–Crippen LogP) is 7.26. The fourth-order valence-corrected chi connectivity index (χ4v) is 5.49. The lowest BCUT2D eigenvalue weighted by molar-refractivity contribution is -0.137. The van der Waals surface area contributed by atoms with E-state index in [1.54, 1.807) is 6.20 Å². The first-order valence-corrected chi connectivity index (χ1v) is 14.6. The predicted molar refractivity (Wildman–Crippen MR) is 126 cm³/mol. The lowest BCUT2D eigenvalue weighted by Gasteiger charge is -2.41. The number of aromatic nitrogens is 1. The van der Waals surface area contributed by atoms with Crippen LogP contribution in [0.4, 0.5) is 18.0 Å². The molecular weight excluding hydrogens is 525 g/mol. The van der Waals surface area contributed by atoms with Gasteiger partial charge in [0.05, 0.1) is 32.7 Å². The summed E-state index contributed by atoms with van der Waals surface area (Å²) in [4.78, 5) is 15.9. The molecule has 0 unspecified atom stereocenters. The minimum Gasteiger partial charge on any atom is -0.465 e. The quantitative estimate of drug-likeness (QED) is 0.338. The van der Waals surface area contributed by atoms with Crippen LogP contribution in [-0.2, 0) is 17.0 Å². The van der Waals surface area contributed by atoms with Crippen molar-refractivity contribution in [1.82, 2.24) is 10.3 Å². The summed E-state index contributed by atoms with van der Waals surface area (Å²) in [5.74, 6) is 0. The minimum atomic E-state index is -4.45. The number of amides is 1. The van der Waals surface area contributed by atoms with Crippen LogP contribution in [0.5, 0.6) is 0 Å². The first-order chi connectivity index (χ1) is 14.6. The van der Waals surface area contributed by atoms with Crippen molar-refractivity contribution in [2.75, 3.05) is 0 Å². The van der Waals surface area contributed by atoms with E-state index in [-0.39, 0.29) is 5.04 Å². The standard InChI is InChI=1S/C21H28BrF3N2O3SSi/c1-20(2,3)32(4,5)30-18(13-6-8-14(9-7-13)21(23,24)25)15(27-19(28)29)10-11-17-26-12-16(22)31-17/h6-9,12,15,18,27H,10-11H2,1-5H3,(H,28,29)/t15-,18-/m1/s1. The maximum atomic E-state index is 13.1. The highest BCUT2D eigenvalue weighted by Gasteiger charge is 2.42. The van der Waals surface area contributed by atoms with Crippen molar-refractivity contribution in [3.8, 4) is 0 Å². The van der Waals surface area contributed by atoms with Crippen LogP contribution in [-0.4, -0.2) is 30.5 Å². The van der Waals surface area contributed by atoms with Crippen LogP contribution in [0.3, 0.4) is 0 Å². The van der Waals surface area contributed by atoms with Crippen LogP contribution < -0.4 is 5.32 Å². The van der Waals surface area contributed by atoms with Crippen LogP contribution in [0.15, 0.2) is 34.2 Å². The Kier molecular flexibility index (Phi) is 8.57. The molecule has 0 saturated carbocycles. The van der Waals surface area contributed by atoms with E-state index in [2.05, 4.69) is 47.0 Å². The van der Waals surface area contributed by atoms with E-state index >= 15 is 0 Å². The maximum Gasteiger partial charge on any atom is 0.416 e. The molecule has 2 N–H and O–H groups in total. The topological polar surface area (TPSA) is 71.5 Å². The Bertz CT molecular complexity index is 914. The highest BCUT2D eigenvalue weighted by molar-refractivity contribution is 9.11. The number of carboxylic acid groups (broad SMARTS) is 1. The second kappa shape index (κ2) is 10.2. The van der Waals surface area contributed by atoms with Crippen molar-refractivity contribution < 1.29 is 27.5 Å². The zero-order chi connectivity index (χ0) is 24.3. The van der Waals surface area contributed by atoms with E-state index in [4.69, 9.17) is 4.43 Å². The highest BCUT2D eigenvalue weighted by Crippen LogP contribution is 2.41. The summed E-state index contributed by atoms with van der Waals surface area (Å²) in [7, 11) is -2.39. The zero-order valence-electron chi connectivity index (χ0n) is 18.6. The average molecular weight is 554 g/mol. The Labute approximate surface area is 199 Å². The normalized spacial score (nSPS) is 14.8. The molecule has 5 nitrogen and oxygen atoms in total. The van der Waals surface area contributed by atoms with Crippen LogP contribution in [0.2, 0.25) is 18.1 Å².